The molecule has 1 atom stereocenters. The van der Waals surface area contributed by atoms with Gasteiger partial charge in [-0.05, 0) is 37.1 Å². The van der Waals surface area contributed by atoms with Crippen LogP contribution in [-0.2, 0) is 10.0 Å². The van der Waals surface area contributed by atoms with Crippen LogP contribution in [-0.4, -0.2) is 24.8 Å². The van der Waals surface area contributed by atoms with E-state index in [0.29, 0.717) is 22.3 Å². The Kier molecular flexibility index (Phi) is 5.12. The van der Waals surface area contributed by atoms with Gasteiger partial charge in [0.05, 0.1) is 10.4 Å². The quantitative estimate of drug-likeness (QED) is 0.639. The number of hydrogen-bond donors (Lipinski definition) is 1. The van der Waals surface area contributed by atoms with E-state index in [1.165, 1.54) is 0 Å². The Balaban J connectivity index is 2.19. The third-order valence-electron chi connectivity index (χ3n) is 2.97. The van der Waals surface area contributed by atoms with Gasteiger partial charge >= 0.3 is 0 Å². The Hall–Kier alpha value is -0.980. The Morgan fingerprint density at radius 3 is 2.85 bits per heavy atom. The second-order valence-electron chi connectivity index (χ2n) is 4.65. The molecule has 0 bridgehead atoms. The molecule has 0 radical (unpaired) electrons. The third-order valence-corrected chi connectivity index (χ3v) is 4.94. The van der Waals surface area contributed by atoms with Crippen molar-refractivity contribution >= 4 is 36.9 Å². The summed E-state index contributed by atoms with van der Waals surface area (Å²) in [4.78, 5) is 4.86. The molecule has 0 saturated carbocycles. The molecule has 1 unspecified atom stereocenters. The Labute approximate surface area is 127 Å². The maximum absolute atomic E-state index is 12.3. The highest BCUT2D eigenvalue weighted by molar-refractivity contribution is 9.09. The van der Waals surface area contributed by atoms with Crippen LogP contribution in [0.3, 0.4) is 0 Å². The highest BCUT2D eigenvalue weighted by Crippen LogP contribution is 2.20. The predicted octanol–water partition coefficient (Wildman–Crippen LogP) is 3.08. The maximum Gasteiger partial charge on any atom is 0.241 e. The SMILES string of the molecule is CC(Br)CCCNS(=O)(=O)c1cccc2ncccc12. The predicted molar refractivity (Wildman–Crippen MR) is 84.6 cm³/mol. The van der Waals surface area contributed by atoms with E-state index in [1.54, 1.807) is 36.5 Å². The van der Waals surface area contributed by atoms with Gasteiger partial charge in [-0.25, -0.2) is 13.1 Å². The van der Waals surface area contributed by atoms with Crippen LogP contribution in [0.5, 0.6) is 0 Å². The molecule has 4 nitrogen and oxygen atoms in total. The van der Waals surface area contributed by atoms with E-state index >= 15 is 0 Å². The minimum absolute atomic E-state index is 0.287. The lowest BCUT2D eigenvalue weighted by atomic mass is 10.2. The van der Waals surface area contributed by atoms with Gasteiger partial charge in [0.1, 0.15) is 0 Å². The van der Waals surface area contributed by atoms with Gasteiger partial charge in [0.15, 0.2) is 0 Å². The number of fused-ring (bicyclic) bond motifs is 1. The number of hydrogen-bond acceptors (Lipinski definition) is 3. The summed E-state index contributed by atoms with van der Waals surface area (Å²) in [5.74, 6) is 0. The van der Waals surface area contributed by atoms with Crippen molar-refractivity contribution in [3.8, 4) is 0 Å². The van der Waals surface area contributed by atoms with Crippen molar-refractivity contribution in [1.82, 2.24) is 9.71 Å². The number of sulfonamides is 1. The second kappa shape index (κ2) is 6.65. The molecule has 0 aliphatic rings. The lowest BCUT2D eigenvalue weighted by Crippen LogP contribution is -2.25. The van der Waals surface area contributed by atoms with Crippen molar-refractivity contribution in [1.29, 1.82) is 0 Å². The molecule has 0 aliphatic carbocycles. The van der Waals surface area contributed by atoms with Crippen molar-refractivity contribution in [2.45, 2.75) is 29.5 Å². The standard InChI is InChI=1S/C14H17BrN2O2S/c1-11(15)5-3-10-17-20(18,19)14-8-2-7-13-12(14)6-4-9-16-13/h2,4,6-9,11,17H,3,5,10H2,1H3. The number of alkyl halides is 1. The smallest absolute Gasteiger partial charge is 0.241 e. The molecular formula is C14H17BrN2O2S. The van der Waals surface area contributed by atoms with Crippen LogP contribution in [0, 0.1) is 0 Å². The fourth-order valence-electron chi connectivity index (χ4n) is 1.98. The molecule has 1 N–H and O–H groups in total. The molecular weight excluding hydrogens is 340 g/mol. The average Bonchev–Trinajstić information content (AvgIpc) is 2.43. The summed E-state index contributed by atoms with van der Waals surface area (Å²) in [7, 11) is -3.49. The summed E-state index contributed by atoms with van der Waals surface area (Å²) >= 11 is 3.45. The topological polar surface area (TPSA) is 59.1 Å². The molecule has 1 aromatic carbocycles. The van der Waals surface area contributed by atoms with Crippen molar-refractivity contribution < 1.29 is 8.42 Å². The molecule has 0 aliphatic heterocycles. The summed E-state index contributed by atoms with van der Waals surface area (Å²) in [5.41, 5.74) is 0.685. The van der Waals surface area contributed by atoms with E-state index in [-0.39, 0.29) is 4.90 Å². The molecule has 2 rings (SSSR count). The minimum Gasteiger partial charge on any atom is -0.256 e. The summed E-state index contributed by atoms with van der Waals surface area (Å²) in [6, 6.07) is 8.65. The first-order valence-electron chi connectivity index (χ1n) is 6.48. The number of nitrogens with one attached hydrogen (secondary N) is 1. The fraction of sp³-hybridized carbons (Fsp3) is 0.357. The van der Waals surface area contributed by atoms with E-state index in [9.17, 15) is 8.42 Å². The van der Waals surface area contributed by atoms with Crippen molar-refractivity contribution in [2.24, 2.45) is 0 Å². The van der Waals surface area contributed by atoms with Gasteiger partial charge in [0.2, 0.25) is 10.0 Å². The van der Waals surface area contributed by atoms with Crippen LogP contribution in [0.1, 0.15) is 19.8 Å². The van der Waals surface area contributed by atoms with Crippen LogP contribution in [0.4, 0.5) is 0 Å². The summed E-state index contributed by atoms with van der Waals surface area (Å²) in [6.45, 7) is 2.49. The zero-order valence-corrected chi connectivity index (χ0v) is 13.6. The molecule has 0 fully saturated rings. The highest BCUT2D eigenvalue weighted by atomic mass is 79.9. The molecule has 0 saturated heterocycles. The van der Waals surface area contributed by atoms with Crippen LogP contribution in [0.25, 0.3) is 10.9 Å². The summed E-state index contributed by atoms with van der Waals surface area (Å²) in [5, 5.41) is 0.649. The monoisotopic (exact) mass is 356 g/mol. The normalized spacial score (nSPS) is 13.5. The lowest BCUT2D eigenvalue weighted by Gasteiger charge is -2.09. The average molecular weight is 357 g/mol. The Bertz CT molecular complexity index is 681. The number of halogens is 1. The van der Waals surface area contributed by atoms with Gasteiger partial charge in [0, 0.05) is 23.0 Å². The molecule has 2 aromatic rings. The van der Waals surface area contributed by atoms with Crippen LogP contribution >= 0.6 is 15.9 Å². The summed E-state index contributed by atoms with van der Waals surface area (Å²) < 4.78 is 27.3. The molecule has 108 valence electrons. The van der Waals surface area contributed by atoms with E-state index < -0.39 is 10.0 Å². The third kappa shape index (κ3) is 3.77. The molecule has 20 heavy (non-hydrogen) atoms. The molecule has 6 heteroatoms. The van der Waals surface area contributed by atoms with Gasteiger partial charge in [-0.1, -0.05) is 28.9 Å². The molecule has 1 heterocycles. The van der Waals surface area contributed by atoms with Crippen molar-refractivity contribution in [3.63, 3.8) is 0 Å². The van der Waals surface area contributed by atoms with E-state index in [0.717, 1.165) is 12.8 Å². The van der Waals surface area contributed by atoms with Crippen LogP contribution in [0.15, 0.2) is 41.4 Å². The van der Waals surface area contributed by atoms with Crippen LogP contribution in [0.2, 0.25) is 0 Å². The molecule has 0 spiro atoms. The van der Waals surface area contributed by atoms with Crippen LogP contribution < -0.4 is 4.72 Å². The minimum atomic E-state index is -3.49. The number of nitrogens with zero attached hydrogens (tertiary/aromatic N) is 1. The first-order chi connectivity index (χ1) is 9.50. The fourth-order valence-corrected chi connectivity index (χ4v) is 3.59. The second-order valence-corrected chi connectivity index (χ2v) is 7.95. The summed E-state index contributed by atoms with van der Waals surface area (Å²) in [6.07, 6.45) is 3.39. The maximum atomic E-state index is 12.3. The Morgan fingerprint density at radius 1 is 1.30 bits per heavy atom. The number of pyridine rings is 1. The van der Waals surface area contributed by atoms with Gasteiger partial charge in [-0.15, -0.1) is 0 Å². The Morgan fingerprint density at radius 2 is 2.10 bits per heavy atom. The first-order valence-corrected chi connectivity index (χ1v) is 8.88. The zero-order chi connectivity index (χ0) is 14.6. The highest BCUT2D eigenvalue weighted by Gasteiger charge is 2.16. The number of aromatic nitrogens is 1. The van der Waals surface area contributed by atoms with Crippen molar-refractivity contribution in [2.75, 3.05) is 6.54 Å². The molecule has 1 aromatic heterocycles. The molecule has 0 amide bonds. The largest absolute Gasteiger partial charge is 0.256 e. The number of rotatable bonds is 6. The first kappa shape index (κ1) is 15.4. The van der Waals surface area contributed by atoms with Gasteiger partial charge in [-0.3, -0.25) is 4.98 Å². The van der Waals surface area contributed by atoms with E-state index in [4.69, 9.17) is 0 Å². The van der Waals surface area contributed by atoms with Gasteiger partial charge < -0.3 is 0 Å². The van der Waals surface area contributed by atoms with E-state index in [2.05, 4.69) is 25.6 Å². The van der Waals surface area contributed by atoms with Gasteiger partial charge in [-0.2, -0.15) is 0 Å². The van der Waals surface area contributed by atoms with Gasteiger partial charge in [0.25, 0.3) is 0 Å². The lowest BCUT2D eigenvalue weighted by molar-refractivity contribution is 0.577. The number of benzene rings is 1. The van der Waals surface area contributed by atoms with Crippen molar-refractivity contribution in [3.05, 3.63) is 36.5 Å². The zero-order valence-electron chi connectivity index (χ0n) is 11.2. The van der Waals surface area contributed by atoms with E-state index in [1.807, 2.05) is 6.92 Å².